The van der Waals surface area contributed by atoms with Gasteiger partial charge >= 0.3 is 5.97 Å². The van der Waals surface area contributed by atoms with Gasteiger partial charge in [-0.25, -0.2) is 0 Å². The van der Waals surface area contributed by atoms with Crippen LogP contribution in [0.1, 0.15) is 11.6 Å². The molecule has 4 nitrogen and oxygen atoms in total. The van der Waals surface area contributed by atoms with Gasteiger partial charge in [0, 0.05) is 7.05 Å². The number of hydrogen-bond donors (Lipinski definition) is 0. The SMILES string of the molecule is C=C1ON(C)[C@@H](c2ccccc2)[C@H]1C(=O)OC. The number of rotatable bonds is 2. The summed E-state index contributed by atoms with van der Waals surface area (Å²) in [5.74, 6) is -0.381. The van der Waals surface area contributed by atoms with Crippen LogP contribution in [0.2, 0.25) is 0 Å². The highest BCUT2D eigenvalue weighted by molar-refractivity contribution is 5.76. The molecule has 4 heteroatoms. The lowest BCUT2D eigenvalue weighted by molar-refractivity contribution is -0.145. The molecule has 1 aromatic carbocycles. The smallest absolute Gasteiger partial charge is 0.318 e. The van der Waals surface area contributed by atoms with Crippen LogP contribution in [0, 0.1) is 5.92 Å². The summed E-state index contributed by atoms with van der Waals surface area (Å²) >= 11 is 0. The normalized spacial score (nSPS) is 24.5. The highest BCUT2D eigenvalue weighted by Gasteiger charge is 2.43. The molecule has 0 aromatic heterocycles. The zero-order valence-electron chi connectivity index (χ0n) is 9.92. The zero-order valence-corrected chi connectivity index (χ0v) is 9.92. The number of esters is 1. The largest absolute Gasteiger partial charge is 0.468 e. The molecule has 0 N–H and O–H groups in total. The van der Waals surface area contributed by atoms with Crippen LogP contribution in [-0.4, -0.2) is 25.2 Å². The topological polar surface area (TPSA) is 38.8 Å². The van der Waals surface area contributed by atoms with Crippen molar-refractivity contribution in [2.45, 2.75) is 6.04 Å². The summed E-state index contributed by atoms with van der Waals surface area (Å²) in [5, 5.41) is 1.64. The lowest BCUT2D eigenvalue weighted by Crippen LogP contribution is -2.26. The standard InChI is InChI=1S/C13H15NO3/c1-9-11(13(15)16-3)12(14(2)17-9)10-7-5-4-6-8-10/h4-8,11-12H,1H2,2-3H3/t11-,12-/m0/s1. The van der Waals surface area contributed by atoms with E-state index in [1.54, 1.807) is 12.1 Å². The van der Waals surface area contributed by atoms with Crippen LogP contribution in [0.15, 0.2) is 42.7 Å². The van der Waals surface area contributed by atoms with Crippen molar-refractivity contribution in [2.75, 3.05) is 14.2 Å². The first kappa shape index (κ1) is 11.7. The van der Waals surface area contributed by atoms with Crippen molar-refractivity contribution in [3.05, 3.63) is 48.2 Å². The minimum atomic E-state index is -0.479. The van der Waals surface area contributed by atoms with Crippen LogP contribution in [0.25, 0.3) is 0 Å². The minimum absolute atomic E-state index is 0.184. The molecule has 1 fully saturated rings. The zero-order chi connectivity index (χ0) is 12.4. The van der Waals surface area contributed by atoms with Crippen molar-refractivity contribution in [2.24, 2.45) is 5.92 Å². The van der Waals surface area contributed by atoms with Gasteiger partial charge in [-0.1, -0.05) is 36.9 Å². The molecule has 2 rings (SSSR count). The number of carbonyl (C=O) groups excluding carboxylic acids is 1. The fraction of sp³-hybridized carbons (Fsp3) is 0.308. The summed E-state index contributed by atoms with van der Waals surface area (Å²) in [4.78, 5) is 17.2. The van der Waals surface area contributed by atoms with Crippen LogP contribution in [-0.2, 0) is 14.4 Å². The lowest BCUT2D eigenvalue weighted by atomic mass is 9.93. The molecule has 0 saturated carbocycles. The van der Waals surface area contributed by atoms with Gasteiger partial charge in [-0.05, 0) is 5.56 Å². The minimum Gasteiger partial charge on any atom is -0.468 e. The van der Waals surface area contributed by atoms with Crippen molar-refractivity contribution in [1.29, 1.82) is 0 Å². The van der Waals surface area contributed by atoms with Gasteiger partial charge in [0.05, 0.1) is 13.2 Å². The van der Waals surface area contributed by atoms with Crippen molar-refractivity contribution >= 4 is 5.97 Å². The first-order valence-corrected chi connectivity index (χ1v) is 5.37. The van der Waals surface area contributed by atoms with Gasteiger partial charge in [-0.3, -0.25) is 4.79 Å². The van der Waals surface area contributed by atoms with Gasteiger partial charge in [-0.15, -0.1) is 5.06 Å². The van der Waals surface area contributed by atoms with Crippen molar-refractivity contribution in [3.63, 3.8) is 0 Å². The Balaban J connectivity index is 2.36. The predicted octanol–water partition coefficient (Wildman–Crippen LogP) is 1.91. The number of hydroxylamine groups is 2. The summed E-state index contributed by atoms with van der Waals surface area (Å²) in [6.07, 6.45) is 0. The maximum Gasteiger partial charge on any atom is 0.318 e. The average molecular weight is 233 g/mol. The average Bonchev–Trinajstić information content (AvgIpc) is 2.64. The van der Waals surface area contributed by atoms with Crippen LogP contribution in [0.5, 0.6) is 0 Å². The number of ether oxygens (including phenoxy) is 1. The monoisotopic (exact) mass is 233 g/mol. The van der Waals surface area contributed by atoms with E-state index in [0.717, 1.165) is 5.56 Å². The quantitative estimate of drug-likeness (QED) is 0.731. The fourth-order valence-corrected chi connectivity index (χ4v) is 2.12. The van der Waals surface area contributed by atoms with Crippen LogP contribution in [0.3, 0.4) is 0 Å². The number of nitrogens with zero attached hydrogens (tertiary/aromatic N) is 1. The molecule has 17 heavy (non-hydrogen) atoms. The summed E-state index contributed by atoms with van der Waals surface area (Å²) in [5.41, 5.74) is 1.00. The molecule has 1 aliphatic rings. The van der Waals surface area contributed by atoms with Crippen molar-refractivity contribution in [1.82, 2.24) is 5.06 Å². The van der Waals surface area contributed by atoms with Gasteiger partial charge in [0.1, 0.15) is 11.7 Å². The van der Waals surface area contributed by atoms with E-state index in [-0.39, 0.29) is 12.0 Å². The molecule has 0 bridgehead atoms. The second-order valence-electron chi connectivity index (χ2n) is 3.96. The molecule has 90 valence electrons. The van der Waals surface area contributed by atoms with E-state index in [2.05, 4.69) is 6.58 Å². The van der Waals surface area contributed by atoms with Crippen molar-refractivity contribution in [3.8, 4) is 0 Å². The Hall–Kier alpha value is -1.81. The maximum absolute atomic E-state index is 11.8. The Morgan fingerprint density at radius 2 is 2.06 bits per heavy atom. The van der Waals surface area contributed by atoms with E-state index < -0.39 is 5.92 Å². The Bertz CT molecular complexity index is 422. The van der Waals surface area contributed by atoms with Gasteiger partial charge < -0.3 is 9.57 Å². The van der Waals surface area contributed by atoms with Gasteiger partial charge in [-0.2, -0.15) is 0 Å². The molecule has 1 heterocycles. The van der Waals surface area contributed by atoms with Crippen LogP contribution < -0.4 is 0 Å². The lowest BCUT2D eigenvalue weighted by Gasteiger charge is -2.19. The third-order valence-electron chi connectivity index (χ3n) is 2.91. The third kappa shape index (κ3) is 2.03. The van der Waals surface area contributed by atoms with E-state index in [9.17, 15) is 4.79 Å². The number of benzene rings is 1. The second-order valence-corrected chi connectivity index (χ2v) is 3.96. The molecule has 0 radical (unpaired) electrons. The Kier molecular flexibility index (Phi) is 3.15. The predicted molar refractivity (Wildman–Crippen MR) is 62.7 cm³/mol. The van der Waals surface area contributed by atoms with Gasteiger partial charge in [0.2, 0.25) is 0 Å². The molecule has 2 atom stereocenters. The Labute approximate surface area is 100 Å². The molecule has 1 aliphatic heterocycles. The van der Waals surface area contributed by atoms with Crippen molar-refractivity contribution < 1.29 is 14.4 Å². The Morgan fingerprint density at radius 1 is 1.41 bits per heavy atom. The summed E-state index contributed by atoms with van der Waals surface area (Å²) in [6.45, 7) is 3.77. The Morgan fingerprint density at radius 3 is 2.65 bits per heavy atom. The molecule has 1 aromatic rings. The first-order chi connectivity index (χ1) is 8.15. The molecule has 1 saturated heterocycles. The van der Waals surface area contributed by atoms with E-state index in [1.165, 1.54) is 7.11 Å². The highest BCUT2D eigenvalue weighted by Crippen LogP contribution is 2.40. The molecule has 0 unspecified atom stereocenters. The fourth-order valence-electron chi connectivity index (χ4n) is 2.12. The van der Waals surface area contributed by atoms with Gasteiger partial charge in [0.25, 0.3) is 0 Å². The molecular formula is C13H15NO3. The number of carbonyl (C=O) groups is 1. The summed E-state index contributed by atoms with van der Waals surface area (Å²) in [7, 11) is 3.15. The number of hydrogen-bond acceptors (Lipinski definition) is 4. The second kappa shape index (κ2) is 4.59. The third-order valence-corrected chi connectivity index (χ3v) is 2.91. The van der Waals surface area contributed by atoms with E-state index in [4.69, 9.17) is 9.57 Å². The van der Waals surface area contributed by atoms with E-state index >= 15 is 0 Å². The van der Waals surface area contributed by atoms with Crippen LogP contribution in [0.4, 0.5) is 0 Å². The maximum atomic E-state index is 11.8. The van der Waals surface area contributed by atoms with E-state index in [1.807, 2.05) is 30.3 Å². The summed E-state index contributed by atoms with van der Waals surface area (Å²) < 4.78 is 4.80. The first-order valence-electron chi connectivity index (χ1n) is 5.37. The molecule has 0 amide bonds. The molecular weight excluding hydrogens is 218 g/mol. The molecule has 0 aliphatic carbocycles. The van der Waals surface area contributed by atoms with Crippen LogP contribution >= 0.6 is 0 Å². The van der Waals surface area contributed by atoms with E-state index in [0.29, 0.717) is 5.76 Å². The molecule has 0 spiro atoms. The summed E-state index contributed by atoms with van der Waals surface area (Å²) in [6, 6.07) is 9.52. The number of methoxy groups -OCH3 is 1. The highest BCUT2D eigenvalue weighted by atomic mass is 16.7. The van der Waals surface area contributed by atoms with Gasteiger partial charge in [0.15, 0.2) is 0 Å².